The van der Waals surface area contributed by atoms with Crippen molar-refractivity contribution in [2.24, 2.45) is 0 Å². The Morgan fingerprint density at radius 2 is 1.70 bits per heavy atom. The van der Waals surface area contributed by atoms with Gasteiger partial charge in [-0.1, -0.05) is 36.0 Å². The first-order valence-corrected chi connectivity index (χ1v) is 11.5. The Kier molecular flexibility index (Phi) is 6.08. The number of aromatic nitrogens is 2. The minimum Gasteiger partial charge on any atom is -0.490 e. The minimum atomic E-state index is -0.303. The number of carbonyl (C=O) groups is 1. The smallest absolute Gasteiger partial charge is 0.234 e. The standard InChI is InChI=1S/C25H20FN3O3S/c26-17-8-6-16(7-9-17)24-19-4-1-2-5-20(19)25(29-28-24)33-15-23(30)27-18-10-11-21-22(14-18)32-13-3-12-31-21/h1-2,4-11,14H,3,12-13,15H2,(H,27,30). The Morgan fingerprint density at radius 3 is 2.52 bits per heavy atom. The molecule has 1 N–H and O–H groups in total. The molecule has 1 aromatic heterocycles. The minimum absolute atomic E-state index is 0.164. The first kappa shape index (κ1) is 21.2. The summed E-state index contributed by atoms with van der Waals surface area (Å²) >= 11 is 1.31. The summed E-state index contributed by atoms with van der Waals surface area (Å²) in [4.78, 5) is 12.6. The maximum Gasteiger partial charge on any atom is 0.234 e. The van der Waals surface area contributed by atoms with Crippen molar-refractivity contribution in [3.8, 4) is 22.8 Å². The predicted octanol–water partition coefficient (Wildman–Crippen LogP) is 5.33. The molecule has 0 radical (unpaired) electrons. The number of halogens is 1. The van der Waals surface area contributed by atoms with Crippen molar-refractivity contribution in [3.63, 3.8) is 0 Å². The van der Waals surface area contributed by atoms with E-state index in [2.05, 4.69) is 15.5 Å². The predicted molar refractivity (Wildman–Crippen MR) is 126 cm³/mol. The first-order chi connectivity index (χ1) is 16.2. The number of nitrogens with one attached hydrogen (secondary N) is 1. The van der Waals surface area contributed by atoms with E-state index in [-0.39, 0.29) is 17.5 Å². The molecule has 33 heavy (non-hydrogen) atoms. The van der Waals surface area contributed by atoms with Gasteiger partial charge in [0.15, 0.2) is 11.5 Å². The maximum atomic E-state index is 13.3. The van der Waals surface area contributed by atoms with Gasteiger partial charge in [0.05, 0.1) is 19.0 Å². The molecular weight excluding hydrogens is 441 g/mol. The van der Waals surface area contributed by atoms with Crippen LogP contribution in [0.1, 0.15) is 6.42 Å². The summed E-state index contributed by atoms with van der Waals surface area (Å²) in [6, 6.07) is 19.3. The number of thioether (sulfide) groups is 1. The zero-order valence-corrected chi connectivity index (χ0v) is 18.4. The lowest BCUT2D eigenvalue weighted by Crippen LogP contribution is -2.14. The Morgan fingerprint density at radius 1 is 0.939 bits per heavy atom. The molecule has 166 valence electrons. The highest BCUT2D eigenvalue weighted by Crippen LogP contribution is 2.33. The molecule has 0 aliphatic carbocycles. The lowest BCUT2D eigenvalue weighted by molar-refractivity contribution is -0.113. The summed E-state index contributed by atoms with van der Waals surface area (Å²) in [5, 5.41) is 14.1. The first-order valence-electron chi connectivity index (χ1n) is 10.5. The van der Waals surface area contributed by atoms with Crippen LogP contribution in [0.4, 0.5) is 10.1 Å². The number of benzene rings is 3. The Balaban J connectivity index is 1.32. The van der Waals surface area contributed by atoms with Crippen molar-refractivity contribution in [1.82, 2.24) is 10.2 Å². The Bertz CT molecular complexity index is 1310. The zero-order chi connectivity index (χ0) is 22.6. The molecule has 6 nitrogen and oxygen atoms in total. The topological polar surface area (TPSA) is 73.3 Å². The number of fused-ring (bicyclic) bond motifs is 2. The summed E-state index contributed by atoms with van der Waals surface area (Å²) in [6.45, 7) is 1.20. The van der Waals surface area contributed by atoms with Crippen LogP contribution in [0, 0.1) is 5.82 Å². The van der Waals surface area contributed by atoms with Crippen LogP contribution in [0.3, 0.4) is 0 Å². The fourth-order valence-electron chi connectivity index (χ4n) is 3.58. The van der Waals surface area contributed by atoms with E-state index in [4.69, 9.17) is 9.47 Å². The molecule has 3 aromatic carbocycles. The largest absolute Gasteiger partial charge is 0.490 e. The van der Waals surface area contributed by atoms with Crippen LogP contribution < -0.4 is 14.8 Å². The summed E-state index contributed by atoms with van der Waals surface area (Å²) in [6.07, 6.45) is 0.821. The van der Waals surface area contributed by atoms with E-state index in [0.29, 0.717) is 41.1 Å². The lowest BCUT2D eigenvalue weighted by atomic mass is 10.1. The normalized spacial score (nSPS) is 12.9. The van der Waals surface area contributed by atoms with E-state index in [1.165, 1.54) is 23.9 Å². The van der Waals surface area contributed by atoms with Crippen LogP contribution in [0.25, 0.3) is 22.0 Å². The molecule has 1 amide bonds. The molecule has 8 heteroatoms. The zero-order valence-electron chi connectivity index (χ0n) is 17.6. The summed E-state index contributed by atoms with van der Waals surface area (Å²) in [5.41, 5.74) is 2.10. The molecule has 0 fully saturated rings. The Hall–Kier alpha value is -3.65. The second-order valence-electron chi connectivity index (χ2n) is 7.46. The number of carbonyl (C=O) groups excluding carboxylic acids is 1. The molecule has 0 atom stereocenters. The third-order valence-electron chi connectivity index (χ3n) is 5.14. The molecule has 4 aromatic rings. The van der Waals surface area contributed by atoms with E-state index >= 15 is 0 Å². The van der Waals surface area contributed by atoms with E-state index in [1.807, 2.05) is 24.3 Å². The van der Waals surface area contributed by atoms with Gasteiger partial charge in [-0.05, 0) is 36.4 Å². The van der Waals surface area contributed by atoms with Crippen molar-refractivity contribution in [3.05, 3.63) is 72.5 Å². The van der Waals surface area contributed by atoms with Crippen LogP contribution in [-0.2, 0) is 4.79 Å². The van der Waals surface area contributed by atoms with Crippen LogP contribution in [-0.4, -0.2) is 35.1 Å². The monoisotopic (exact) mass is 461 g/mol. The summed E-state index contributed by atoms with van der Waals surface area (Å²) in [7, 11) is 0. The average molecular weight is 462 g/mol. The molecule has 0 saturated carbocycles. The second-order valence-corrected chi connectivity index (χ2v) is 8.42. The van der Waals surface area contributed by atoms with Gasteiger partial charge in [-0.25, -0.2) is 4.39 Å². The second kappa shape index (κ2) is 9.46. The highest BCUT2D eigenvalue weighted by Gasteiger charge is 2.15. The number of amides is 1. The van der Waals surface area contributed by atoms with Crippen LogP contribution in [0.5, 0.6) is 11.5 Å². The lowest BCUT2D eigenvalue weighted by Gasteiger charge is -2.11. The molecule has 0 saturated heterocycles. The quantitative estimate of drug-likeness (QED) is 0.405. The van der Waals surface area contributed by atoms with Gasteiger partial charge in [-0.15, -0.1) is 10.2 Å². The van der Waals surface area contributed by atoms with Gasteiger partial charge >= 0.3 is 0 Å². The van der Waals surface area contributed by atoms with Crippen molar-refractivity contribution >= 4 is 34.1 Å². The fraction of sp³-hybridized carbons (Fsp3) is 0.160. The SMILES string of the molecule is O=C(CSc1nnc(-c2ccc(F)cc2)c2ccccc12)Nc1ccc2c(c1)OCCCO2. The van der Waals surface area contributed by atoms with Crippen molar-refractivity contribution in [1.29, 1.82) is 0 Å². The molecule has 2 heterocycles. The van der Waals surface area contributed by atoms with Crippen LogP contribution in [0.15, 0.2) is 71.8 Å². The summed E-state index contributed by atoms with van der Waals surface area (Å²) < 4.78 is 24.6. The average Bonchev–Trinajstić information content (AvgIpc) is 3.08. The molecular formula is C25H20FN3O3S. The van der Waals surface area contributed by atoms with Crippen molar-refractivity contribution in [2.45, 2.75) is 11.4 Å². The van der Waals surface area contributed by atoms with Gasteiger partial charge < -0.3 is 14.8 Å². The number of hydrogen-bond donors (Lipinski definition) is 1. The highest BCUT2D eigenvalue weighted by atomic mass is 32.2. The van der Waals surface area contributed by atoms with E-state index in [9.17, 15) is 9.18 Å². The Labute approximate surface area is 194 Å². The fourth-order valence-corrected chi connectivity index (χ4v) is 4.35. The van der Waals surface area contributed by atoms with Crippen LogP contribution >= 0.6 is 11.8 Å². The van der Waals surface area contributed by atoms with Crippen molar-refractivity contribution < 1.29 is 18.7 Å². The number of nitrogens with zero attached hydrogens (tertiary/aromatic N) is 2. The van der Waals surface area contributed by atoms with Gasteiger partial charge in [-0.2, -0.15) is 0 Å². The third-order valence-corrected chi connectivity index (χ3v) is 6.12. The molecule has 0 bridgehead atoms. The molecule has 0 spiro atoms. The highest BCUT2D eigenvalue weighted by molar-refractivity contribution is 8.00. The molecule has 5 rings (SSSR count). The van der Waals surface area contributed by atoms with Gasteiger partial charge in [0, 0.05) is 34.5 Å². The molecule has 1 aliphatic heterocycles. The number of ether oxygens (including phenoxy) is 2. The van der Waals surface area contributed by atoms with Crippen LogP contribution in [0.2, 0.25) is 0 Å². The van der Waals surface area contributed by atoms with Crippen molar-refractivity contribution in [2.75, 3.05) is 24.3 Å². The van der Waals surface area contributed by atoms with E-state index in [0.717, 1.165) is 22.8 Å². The summed E-state index contributed by atoms with van der Waals surface area (Å²) in [5.74, 6) is 1.02. The number of anilines is 1. The molecule has 0 unspecified atom stereocenters. The third kappa shape index (κ3) is 4.75. The number of rotatable bonds is 5. The van der Waals surface area contributed by atoms with Gasteiger partial charge in [0.2, 0.25) is 5.91 Å². The van der Waals surface area contributed by atoms with Gasteiger partial charge in [0.1, 0.15) is 16.5 Å². The van der Waals surface area contributed by atoms with E-state index in [1.54, 1.807) is 30.3 Å². The molecule has 1 aliphatic rings. The van der Waals surface area contributed by atoms with Gasteiger partial charge in [0.25, 0.3) is 0 Å². The van der Waals surface area contributed by atoms with Gasteiger partial charge in [-0.3, -0.25) is 4.79 Å². The maximum absolute atomic E-state index is 13.3. The van der Waals surface area contributed by atoms with E-state index < -0.39 is 0 Å². The number of hydrogen-bond acceptors (Lipinski definition) is 6.